The van der Waals surface area contributed by atoms with E-state index < -0.39 is 0 Å². The molecule has 4 unspecified atom stereocenters. The van der Waals surface area contributed by atoms with Crippen LogP contribution in [0.1, 0.15) is 42.9 Å². The highest BCUT2D eigenvalue weighted by Crippen LogP contribution is 2.47. The summed E-state index contributed by atoms with van der Waals surface area (Å²) < 4.78 is 12.0. The molecule has 150 valence electrons. The normalized spacial score (nSPS) is 24.3. The first-order valence-corrected chi connectivity index (χ1v) is 10.6. The van der Waals surface area contributed by atoms with E-state index >= 15 is 0 Å². The van der Waals surface area contributed by atoms with Gasteiger partial charge in [-0.05, 0) is 73.7 Å². The van der Waals surface area contributed by atoms with Crippen LogP contribution in [0, 0.1) is 11.8 Å². The molecule has 4 heteroatoms. The number of hydrogen-bond acceptors (Lipinski definition) is 4. The fourth-order valence-corrected chi connectivity index (χ4v) is 4.87. The van der Waals surface area contributed by atoms with Crippen molar-refractivity contribution in [1.29, 1.82) is 0 Å². The van der Waals surface area contributed by atoms with Crippen LogP contribution in [0.5, 0.6) is 11.5 Å². The Labute approximate surface area is 168 Å². The summed E-state index contributed by atoms with van der Waals surface area (Å²) in [4.78, 5) is 0. The van der Waals surface area contributed by atoms with Crippen LogP contribution in [-0.2, 0) is 6.42 Å². The molecule has 2 aliphatic rings. The van der Waals surface area contributed by atoms with Gasteiger partial charge >= 0.3 is 0 Å². The number of hydrogen-bond donors (Lipinski definition) is 2. The van der Waals surface area contributed by atoms with E-state index in [4.69, 9.17) is 15.2 Å². The van der Waals surface area contributed by atoms with E-state index in [9.17, 15) is 0 Å². The smallest absolute Gasteiger partial charge is 0.161 e. The molecular formula is C24H32N2O2. The topological polar surface area (TPSA) is 56.5 Å². The van der Waals surface area contributed by atoms with Crippen molar-refractivity contribution >= 4 is 0 Å². The Bertz CT molecular complexity index is 764. The standard InChI is InChI=1S/C24H32N2O2/c1-27-22-10-9-19(15-24(22)28-23-14-18-7-8-20(23)13-18)21(16-25)26-12-11-17-5-3-2-4-6-17/h2-6,9-10,15,18,20-21,23,26H,7-8,11-14,16,25H2,1H3. The number of rotatable bonds is 9. The van der Waals surface area contributed by atoms with Gasteiger partial charge in [-0.25, -0.2) is 0 Å². The van der Waals surface area contributed by atoms with Crippen LogP contribution in [0.3, 0.4) is 0 Å². The van der Waals surface area contributed by atoms with Crippen LogP contribution in [-0.4, -0.2) is 26.3 Å². The second-order valence-corrected chi connectivity index (χ2v) is 8.22. The minimum Gasteiger partial charge on any atom is -0.493 e. The Hall–Kier alpha value is -2.04. The van der Waals surface area contributed by atoms with Crippen molar-refractivity contribution in [3.8, 4) is 11.5 Å². The maximum absolute atomic E-state index is 6.45. The monoisotopic (exact) mass is 380 g/mol. The van der Waals surface area contributed by atoms with Gasteiger partial charge in [0.2, 0.25) is 0 Å². The molecule has 4 atom stereocenters. The largest absolute Gasteiger partial charge is 0.493 e. The highest BCUT2D eigenvalue weighted by Gasteiger charge is 2.41. The number of benzene rings is 2. The molecule has 2 saturated carbocycles. The molecule has 2 aromatic rings. The summed E-state index contributed by atoms with van der Waals surface area (Å²) >= 11 is 0. The van der Waals surface area contributed by atoms with Crippen LogP contribution in [0.25, 0.3) is 0 Å². The van der Waals surface area contributed by atoms with Gasteiger partial charge in [-0.1, -0.05) is 36.4 Å². The maximum Gasteiger partial charge on any atom is 0.161 e. The molecule has 2 aliphatic carbocycles. The van der Waals surface area contributed by atoms with Gasteiger partial charge < -0.3 is 20.5 Å². The van der Waals surface area contributed by atoms with Crippen molar-refractivity contribution in [2.75, 3.05) is 20.2 Å². The third-order valence-electron chi connectivity index (χ3n) is 6.42. The molecule has 3 N–H and O–H groups in total. The van der Waals surface area contributed by atoms with Crippen molar-refractivity contribution in [3.63, 3.8) is 0 Å². The molecule has 2 bridgehead atoms. The van der Waals surface area contributed by atoms with E-state index in [1.54, 1.807) is 7.11 Å². The number of methoxy groups -OCH3 is 1. The molecule has 4 rings (SSSR count). The highest BCUT2D eigenvalue weighted by molar-refractivity contribution is 5.44. The SMILES string of the molecule is COc1ccc(C(CN)NCCc2ccccc2)cc1OC1CC2CCC1C2. The van der Waals surface area contributed by atoms with Crippen molar-refractivity contribution in [2.45, 2.75) is 44.2 Å². The van der Waals surface area contributed by atoms with Gasteiger partial charge in [0.05, 0.1) is 7.11 Å². The number of nitrogens with one attached hydrogen (secondary N) is 1. The lowest BCUT2D eigenvalue weighted by Crippen LogP contribution is -2.30. The van der Waals surface area contributed by atoms with Crippen LogP contribution in [0.2, 0.25) is 0 Å². The van der Waals surface area contributed by atoms with Crippen LogP contribution < -0.4 is 20.5 Å². The summed E-state index contributed by atoms with van der Waals surface area (Å²) in [6.07, 6.45) is 6.53. The minimum absolute atomic E-state index is 0.108. The molecule has 0 radical (unpaired) electrons. The van der Waals surface area contributed by atoms with E-state index in [1.807, 2.05) is 6.07 Å². The summed E-state index contributed by atoms with van der Waals surface area (Å²) in [5.74, 6) is 3.25. The minimum atomic E-state index is 0.108. The number of fused-ring (bicyclic) bond motifs is 2. The molecule has 2 fully saturated rings. The molecule has 0 saturated heterocycles. The van der Waals surface area contributed by atoms with Crippen molar-refractivity contribution in [2.24, 2.45) is 17.6 Å². The van der Waals surface area contributed by atoms with Crippen molar-refractivity contribution in [1.82, 2.24) is 5.32 Å². The van der Waals surface area contributed by atoms with Gasteiger partial charge in [0, 0.05) is 12.6 Å². The zero-order valence-corrected chi connectivity index (χ0v) is 16.8. The fraction of sp³-hybridized carbons (Fsp3) is 0.500. The molecule has 28 heavy (non-hydrogen) atoms. The molecule has 4 nitrogen and oxygen atoms in total. The summed E-state index contributed by atoms with van der Waals surface area (Å²) in [7, 11) is 1.71. The molecule has 2 aromatic carbocycles. The number of ether oxygens (including phenoxy) is 2. The summed E-state index contributed by atoms with van der Waals surface area (Å²) in [5.41, 5.74) is 8.58. The molecule has 0 aromatic heterocycles. The number of nitrogens with two attached hydrogens (primary N) is 1. The van der Waals surface area contributed by atoms with Gasteiger partial charge in [0.25, 0.3) is 0 Å². The van der Waals surface area contributed by atoms with Crippen LogP contribution >= 0.6 is 0 Å². The van der Waals surface area contributed by atoms with Gasteiger partial charge in [-0.3, -0.25) is 0 Å². The Morgan fingerprint density at radius 2 is 1.93 bits per heavy atom. The second kappa shape index (κ2) is 8.97. The van der Waals surface area contributed by atoms with Crippen molar-refractivity contribution < 1.29 is 9.47 Å². The first-order valence-electron chi connectivity index (χ1n) is 10.6. The zero-order chi connectivity index (χ0) is 19.3. The average Bonchev–Trinajstić information content (AvgIpc) is 3.35. The van der Waals surface area contributed by atoms with E-state index in [2.05, 4.69) is 47.8 Å². The van der Waals surface area contributed by atoms with E-state index in [-0.39, 0.29) is 6.04 Å². The Morgan fingerprint density at radius 1 is 1.07 bits per heavy atom. The summed E-state index contributed by atoms with van der Waals surface area (Å²) in [6, 6.07) is 16.9. The Kier molecular flexibility index (Phi) is 6.18. The maximum atomic E-state index is 6.45. The van der Waals surface area contributed by atoms with E-state index in [0.717, 1.165) is 35.9 Å². The van der Waals surface area contributed by atoms with Gasteiger partial charge in [0.1, 0.15) is 6.10 Å². The Balaban J connectivity index is 1.42. The molecular weight excluding hydrogens is 348 g/mol. The average molecular weight is 381 g/mol. The third kappa shape index (κ3) is 4.34. The lowest BCUT2D eigenvalue weighted by Gasteiger charge is -2.25. The Morgan fingerprint density at radius 3 is 2.61 bits per heavy atom. The predicted octanol–water partition coefficient (Wildman–Crippen LogP) is 4.09. The molecule has 0 spiro atoms. The van der Waals surface area contributed by atoms with Gasteiger partial charge in [-0.15, -0.1) is 0 Å². The zero-order valence-electron chi connectivity index (χ0n) is 16.8. The van der Waals surface area contributed by atoms with Gasteiger partial charge in [0.15, 0.2) is 11.5 Å². The predicted molar refractivity (Wildman–Crippen MR) is 113 cm³/mol. The summed E-state index contributed by atoms with van der Waals surface area (Å²) in [6.45, 7) is 1.44. The lowest BCUT2D eigenvalue weighted by atomic mass is 9.97. The van der Waals surface area contributed by atoms with E-state index in [1.165, 1.54) is 31.2 Å². The molecule has 0 aliphatic heterocycles. The molecule has 0 amide bonds. The third-order valence-corrected chi connectivity index (χ3v) is 6.42. The summed E-state index contributed by atoms with van der Waals surface area (Å²) in [5, 5.41) is 3.60. The first kappa shape index (κ1) is 19.3. The van der Waals surface area contributed by atoms with Crippen LogP contribution in [0.15, 0.2) is 48.5 Å². The van der Waals surface area contributed by atoms with Crippen LogP contribution in [0.4, 0.5) is 0 Å². The van der Waals surface area contributed by atoms with Gasteiger partial charge in [-0.2, -0.15) is 0 Å². The van der Waals surface area contributed by atoms with Crippen molar-refractivity contribution in [3.05, 3.63) is 59.7 Å². The quantitative estimate of drug-likeness (QED) is 0.688. The van der Waals surface area contributed by atoms with E-state index in [0.29, 0.717) is 18.6 Å². The molecule has 0 heterocycles. The highest BCUT2D eigenvalue weighted by atomic mass is 16.5. The first-order chi connectivity index (χ1) is 13.8. The fourth-order valence-electron chi connectivity index (χ4n) is 4.87. The lowest BCUT2D eigenvalue weighted by molar-refractivity contribution is 0.133. The second-order valence-electron chi connectivity index (χ2n) is 8.22.